The van der Waals surface area contributed by atoms with E-state index in [1.54, 1.807) is 31.4 Å². The Labute approximate surface area is 132 Å². The third kappa shape index (κ3) is 8.20. The molecule has 1 aromatic rings. The number of halogens is 3. The Morgan fingerprint density at radius 3 is 1.96 bits per heavy atom. The van der Waals surface area contributed by atoms with Gasteiger partial charge in [-0.25, -0.2) is 4.79 Å². The zero-order chi connectivity index (χ0) is 18.2. The first kappa shape index (κ1) is 20.9. The molecule has 23 heavy (non-hydrogen) atoms. The van der Waals surface area contributed by atoms with Crippen molar-refractivity contribution in [2.75, 3.05) is 7.11 Å². The molecule has 1 aromatic carbocycles. The van der Waals surface area contributed by atoms with E-state index in [1.165, 1.54) is 0 Å². The zero-order valence-electron chi connectivity index (χ0n) is 13.1. The van der Waals surface area contributed by atoms with Crippen LogP contribution in [0.15, 0.2) is 24.3 Å². The minimum Gasteiger partial charge on any atom is -0.497 e. The van der Waals surface area contributed by atoms with E-state index < -0.39 is 18.2 Å². The zero-order valence-corrected chi connectivity index (χ0v) is 13.1. The molecule has 0 aliphatic rings. The van der Waals surface area contributed by atoms with Gasteiger partial charge >= 0.3 is 12.1 Å². The van der Waals surface area contributed by atoms with Crippen molar-refractivity contribution >= 4 is 11.8 Å². The molecule has 0 saturated carbocycles. The molecule has 0 radical (unpaired) electrons. The van der Waals surface area contributed by atoms with E-state index >= 15 is 0 Å². The molecule has 0 aromatic heterocycles. The van der Waals surface area contributed by atoms with Crippen molar-refractivity contribution in [3.63, 3.8) is 0 Å². The van der Waals surface area contributed by atoms with Gasteiger partial charge < -0.3 is 15.6 Å². The van der Waals surface area contributed by atoms with Crippen LogP contribution in [0.1, 0.15) is 30.6 Å². The Hall–Kier alpha value is -2.09. The Balaban J connectivity index is 0.000000585. The summed E-state index contributed by atoms with van der Waals surface area (Å²) in [5.74, 6) is -1.59. The third-order valence-corrected chi connectivity index (χ3v) is 2.68. The summed E-state index contributed by atoms with van der Waals surface area (Å²) in [6.45, 7) is 4.11. The van der Waals surface area contributed by atoms with Crippen LogP contribution in [0.25, 0.3) is 0 Å². The molecule has 0 bridgehead atoms. The quantitative estimate of drug-likeness (QED) is 0.808. The van der Waals surface area contributed by atoms with Crippen LogP contribution in [0.4, 0.5) is 13.2 Å². The smallest absolute Gasteiger partial charge is 0.490 e. The summed E-state index contributed by atoms with van der Waals surface area (Å²) in [6, 6.07) is 6.64. The highest BCUT2D eigenvalue weighted by Crippen LogP contribution is 2.14. The summed E-state index contributed by atoms with van der Waals surface area (Å²) in [6.07, 6.45) is -4.37. The first-order valence-electron chi connectivity index (χ1n) is 6.73. The number of carboxylic acid groups (broad SMARTS) is 1. The minimum atomic E-state index is -5.08. The first-order valence-corrected chi connectivity index (χ1v) is 6.73. The van der Waals surface area contributed by atoms with Crippen LogP contribution in [0, 0.1) is 5.92 Å². The topological polar surface area (TPSA) is 89.6 Å². The maximum absolute atomic E-state index is 11.9. The van der Waals surface area contributed by atoms with E-state index in [0.29, 0.717) is 17.9 Å². The van der Waals surface area contributed by atoms with Gasteiger partial charge in [0.2, 0.25) is 0 Å². The van der Waals surface area contributed by atoms with Gasteiger partial charge in [0, 0.05) is 5.56 Å². The number of benzene rings is 1. The second-order valence-corrected chi connectivity index (χ2v) is 5.13. The van der Waals surface area contributed by atoms with Gasteiger partial charge in [0.05, 0.1) is 13.2 Å². The fourth-order valence-electron chi connectivity index (χ4n) is 1.58. The van der Waals surface area contributed by atoms with Crippen molar-refractivity contribution in [3.05, 3.63) is 29.8 Å². The van der Waals surface area contributed by atoms with Crippen molar-refractivity contribution in [1.82, 2.24) is 0 Å². The Morgan fingerprint density at radius 1 is 1.22 bits per heavy atom. The molecule has 0 aliphatic carbocycles. The lowest BCUT2D eigenvalue weighted by atomic mass is 9.97. The van der Waals surface area contributed by atoms with E-state index in [9.17, 15) is 18.0 Å². The van der Waals surface area contributed by atoms with Crippen LogP contribution in [0.2, 0.25) is 0 Å². The number of alkyl halides is 3. The molecule has 8 heteroatoms. The number of aliphatic carboxylic acids is 1. The average Bonchev–Trinajstić information content (AvgIpc) is 2.45. The summed E-state index contributed by atoms with van der Waals surface area (Å²) >= 11 is 0. The molecule has 1 atom stereocenters. The van der Waals surface area contributed by atoms with Crippen LogP contribution in [0.3, 0.4) is 0 Å². The number of rotatable bonds is 5. The second-order valence-electron chi connectivity index (χ2n) is 5.13. The van der Waals surface area contributed by atoms with Crippen LogP contribution in [-0.2, 0) is 4.79 Å². The molecule has 0 unspecified atom stereocenters. The van der Waals surface area contributed by atoms with Gasteiger partial charge in [-0.05, 0) is 36.6 Å². The number of carbonyl (C=O) groups excluding carboxylic acids is 1. The molecule has 0 aliphatic heterocycles. The number of hydrogen-bond acceptors (Lipinski definition) is 4. The molecule has 0 fully saturated rings. The van der Waals surface area contributed by atoms with Gasteiger partial charge in [-0.15, -0.1) is 0 Å². The lowest BCUT2D eigenvalue weighted by Crippen LogP contribution is -2.31. The van der Waals surface area contributed by atoms with Gasteiger partial charge in [-0.3, -0.25) is 4.79 Å². The maximum atomic E-state index is 11.9. The number of carbonyl (C=O) groups is 2. The molecular weight excluding hydrogens is 315 g/mol. The van der Waals surface area contributed by atoms with Gasteiger partial charge in [0.15, 0.2) is 5.78 Å². The van der Waals surface area contributed by atoms with Crippen molar-refractivity contribution in [2.24, 2.45) is 11.7 Å². The molecule has 0 amide bonds. The second kappa shape index (κ2) is 9.14. The van der Waals surface area contributed by atoms with Gasteiger partial charge in [-0.1, -0.05) is 13.8 Å². The van der Waals surface area contributed by atoms with Crippen molar-refractivity contribution in [1.29, 1.82) is 0 Å². The standard InChI is InChI=1S/C13H19NO2.C2HF3O2/c1-9(2)8-12(14)13(15)10-4-6-11(16-3)7-5-10;3-2(4,5)1(6)7/h4-7,9,12H,8,14H2,1-3H3;(H,6,7)/t12-;/m1./s1. The number of hydrogen-bond donors (Lipinski definition) is 2. The fourth-order valence-corrected chi connectivity index (χ4v) is 1.58. The molecule has 130 valence electrons. The van der Waals surface area contributed by atoms with E-state index in [-0.39, 0.29) is 5.78 Å². The molecule has 0 spiro atoms. The SMILES string of the molecule is COc1ccc(C(=O)[C@H](N)CC(C)C)cc1.O=C(O)C(F)(F)F. The minimum absolute atomic E-state index is 0.00338. The van der Waals surface area contributed by atoms with Gasteiger partial charge in [-0.2, -0.15) is 13.2 Å². The third-order valence-electron chi connectivity index (χ3n) is 2.68. The highest BCUT2D eigenvalue weighted by atomic mass is 19.4. The molecule has 0 saturated heterocycles. The predicted octanol–water partition coefficient (Wildman–Crippen LogP) is 2.88. The van der Waals surface area contributed by atoms with Gasteiger partial charge in [0.1, 0.15) is 5.75 Å². The number of ketones is 1. The van der Waals surface area contributed by atoms with Crippen LogP contribution in [0.5, 0.6) is 5.75 Å². The number of methoxy groups -OCH3 is 1. The monoisotopic (exact) mass is 335 g/mol. The predicted molar refractivity (Wildman–Crippen MR) is 78.4 cm³/mol. The Bertz CT molecular complexity index is 512. The average molecular weight is 335 g/mol. The summed E-state index contributed by atoms with van der Waals surface area (Å²) in [4.78, 5) is 20.8. The first-order chi connectivity index (χ1) is 10.5. The largest absolute Gasteiger partial charge is 0.497 e. The highest BCUT2D eigenvalue weighted by molar-refractivity contribution is 6.00. The molecular formula is C15H20F3NO4. The Morgan fingerprint density at radius 2 is 1.65 bits per heavy atom. The highest BCUT2D eigenvalue weighted by Gasteiger charge is 2.38. The van der Waals surface area contributed by atoms with Crippen molar-refractivity contribution in [2.45, 2.75) is 32.5 Å². The number of nitrogens with two attached hydrogens (primary N) is 1. The summed E-state index contributed by atoms with van der Waals surface area (Å²) in [5.41, 5.74) is 6.49. The van der Waals surface area contributed by atoms with Crippen molar-refractivity contribution < 1.29 is 32.6 Å². The van der Waals surface area contributed by atoms with Crippen molar-refractivity contribution in [3.8, 4) is 5.75 Å². The summed E-state index contributed by atoms with van der Waals surface area (Å²) < 4.78 is 36.8. The van der Waals surface area contributed by atoms with Crippen LogP contribution >= 0.6 is 0 Å². The fraction of sp³-hybridized carbons (Fsp3) is 0.467. The molecule has 5 nitrogen and oxygen atoms in total. The van der Waals surface area contributed by atoms with E-state index in [0.717, 1.165) is 5.75 Å². The van der Waals surface area contributed by atoms with E-state index in [4.69, 9.17) is 20.4 Å². The summed E-state index contributed by atoms with van der Waals surface area (Å²) in [7, 11) is 1.60. The Kier molecular flexibility index (Phi) is 8.31. The lowest BCUT2D eigenvalue weighted by molar-refractivity contribution is -0.192. The molecule has 3 N–H and O–H groups in total. The van der Waals surface area contributed by atoms with E-state index in [1.807, 2.05) is 0 Å². The van der Waals surface area contributed by atoms with E-state index in [2.05, 4.69) is 13.8 Å². The summed E-state index contributed by atoms with van der Waals surface area (Å²) in [5, 5.41) is 7.12. The van der Waals surface area contributed by atoms with Crippen LogP contribution < -0.4 is 10.5 Å². The lowest BCUT2D eigenvalue weighted by Gasteiger charge is -2.13. The number of Topliss-reactive ketones (excluding diaryl/α,β-unsaturated/α-hetero) is 1. The maximum Gasteiger partial charge on any atom is 0.490 e. The van der Waals surface area contributed by atoms with Crippen LogP contribution in [-0.4, -0.2) is 36.2 Å². The van der Waals surface area contributed by atoms with Gasteiger partial charge in [0.25, 0.3) is 0 Å². The molecule has 0 heterocycles. The normalized spacial score (nSPS) is 12.2. The molecule has 1 rings (SSSR count). The number of carboxylic acids is 1. The number of ether oxygens (including phenoxy) is 1.